The molecule has 1 N–H and O–H groups in total. The van der Waals surface area contributed by atoms with Crippen molar-refractivity contribution in [3.8, 4) is 0 Å². The van der Waals surface area contributed by atoms with Gasteiger partial charge in [0.1, 0.15) is 5.82 Å². The predicted molar refractivity (Wildman–Crippen MR) is 83.5 cm³/mol. The normalized spacial score (nSPS) is 24.4. The second-order valence-electron chi connectivity index (χ2n) is 6.15. The van der Waals surface area contributed by atoms with Crippen LogP contribution in [0.5, 0.6) is 0 Å². The summed E-state index contributed by atoms with van der Waals surface area (Å²) in [5, 5.41) is 9.87. The highest BCUT2D eigenvalue weighted by Crippen LogP contribution is 2.49. The van der Waals surface area contributed by atoms with Crippen LogP contribution in [0.2, 0.25) is 0 Å². The number of carbonyl (C=O) groups is 1. The molecule has 0 amide bonds. The van der Waals surface area contributed by atoms with Gasteiger partial charge in [-0.05, 0) is 54.9 Å². The van der Waals surface area contributed by atoms with Crippen LogP contribution in [0.1, 0.15) is 41.9 Å². The lowest BCUT2D eigenvalue weighted by molar-refractivity contribution is -0.143. The lowest BCUT2D eigenvalue weighted by Crippen LogP contribution is -2.34. The molecule has 0 spiro atoms. The van der Waals surface area contributed by atoms with E-state index in [0.717, 1.165) is 6.42 Å². The number of benzene rings is 2. The van der Waals surface area contributed by atoms with Crippen molar-refractivity contribution in [2.24, 2.45) is 0 Å². The molecular weight excluding hydrogens is 279 g/mol. The SMILES string of the molecule is Cc1c(F)cccc1C1(C(=O)O)CCC(c2ccccc2)C1. The van der Waals surface area contributed by atoms with Crippen LogP contribution in [-0.4, -0.2) is 11.1 Å². The summed E-state index contributed by atoms with van der Waals surface area (Å²) in [6, 6.07) is 14.8. The molecule has 2 unspecified atom stereocenters. The van der Waals surface area contributed by atoms with E-state index < -0.39 is 11.4 Å². The number of hydrogen-bond acceptors (Lipinski definition) is 1. The van der Waals surface area contributed by atoms with E-state index in [1.54, 1.807) is 19.1 Å². The first-order chi connectivity index (χ1) is 10.5. The lowest BCUT2D eigenvalue weighted by atomic mass is 9.75. The molecule has 0 bridgehead atoms. The summed E-state index contributed by atoms with van der Waals surface area (Å²) in [4.78, 5) is 12.0. The summed E-state index contributed by atoms with van der Waals surface area (Å²) in [6.45, 7) is 1.67. The maximum absolute atomic E-state index is 13.9. The van der Waals surface area contributed by atoms with Gasteiger partial charge in [0.15, 0.2) is 0 Å². The molecule has 3 heteroatoms. The molecule has 2 atom stereocenters. The number of hydrogen-bond donors (Lipinski definition) is 1. The molecule has 114 valence electrons. The van der Waals surface area contributed by atoms with Gasteiger partial charge in [0.25, 0.3) is 0 Å². The molecule has 0 aromatic heterocycles. The maximum atomic E-state index is 13.9. The fourth-order valence-corrected chi connectivity index (χ4v) is 3.74. The minimum absolute atomic E-state index is 0.208. The van der Waals surface area contributed by atoms with E-state index in [-0.39, 0.29) is 11.7 Å². The van der Waals surface area contributed by atoms with Crippen molar-refractivity contribution in [1.82, 2.24) is 0 Å². The monoisotopic (exact) mass is 298 g/mol. The van der Waals surface area contributed by atoms with Gasteiger partial charge in [0.2, 0.25) is 0 Å². The van der Waals surface area contributed by atoms with Gasteiger partial charge in [-0.2, -0.15) is 0 Å². The van der Waals surface area contributed by atoms with Crippen LogP contribution in [-0.2, 0) is 10.2 Å². The largest absolute Gasteiger partial charge is 0.481 e. The number of halogens is 1. The van der Waals surface area contributed by atoms with Crippen molar-refractivity contribution >= 4 is 5.97 Å². The lowest BCUT2D eigenvalue weighted by Gasteiger charge is -2.27. The van der Waals surface area contributed by atoms with Crippen LogP contribution in [0.25, 0.3) is 0 Å². The van der Waals surface area contributed by atoms with Crippen molar-refractivity contribution in [3.63, 3.8) is 0 Å². The second kappa shape index (κ2) is 5.56. The van der Waals surface area contributed by atoms with Crippen molar-refractivity contribution in [2.75, 3.05) is 0 Å². The topological polar surface area (TPSA) is 37.3 Å². The Morgan fingerprint density at radius 2 is 1.91 bits per heavy atom. The van der Waals surface area contributed by atoms with Crippen molar-refractivity contribution in [1.29, 1.82) is 0 Å². The first kappa shape index (κ1) is 14.8. The van der Waals surface area contributed by atoms with E-state index in [2.05, 4.69) is 0 Å². The van der Waals surface area contributed by atoms with Gasteiger partial charge in [-0.15, -0.1) is 0 Å². The van der Waals surface area contributed by atoms with Gasteiger partial charge in [-0.1, -0.05) is 42.5 Å². The minimum atomic E-state index is -0.979. The highest BCUT2D eigenvalue weighted by molar-refractivity contribution is 5.82. The Kier molecular flexibility index (Phi) is 3.73. The van der Waals surface area contributed by atoms with Crippen LogP contribution >= 0.6 is 0 Å². The van der Waals surface area contributed by atoms with Gasteiger partial charge >= 0.3 is 5.97 Å². The fraction of sp³-hybridized carbons (Fsp3) is 0.316. The molecule has 3 rings (SSSR count). The Morgan fingerprint density at radius 3 is 2.59 bits per heavy atom. The third kappa shape index (κ3) is 2.31. The molecule has 1 aliphatic carbocycles. The van der Waals surface area contributed by atoms with Crippen molar-refractivity contribution < 1.29 is 14.3 Å². The fourth-order valence-electron chi connectivity index (χ4n) is 3.74. The maximum Gasteiger partial charge on any atom is 0.314 e. The second-order valence-corrected chi connectivity index (χ2v) is 6.15. The molecule has 2 aromatic carbocycles. The third-order valence-electron chi connectivity index (χ3n) is 4.98. The Morgan fingerprint density at radius 1 is 1.18 bits per heavy atom. The summed E-state index contributed by atoms with van der Waals surface area (Å²) >= 11 is 0. The predicted octanol–water partition coefficient (Wildman–Crippen LogP) is 4.42. The molecule has 1 fully saturated rings. The average Bonchev–Trinajstić information content (AvgIpc) is 2.97. The zero-order chi connectivity index (χ0) is 15.7. The molecule has 2 nitrogen and oxygen atoms in total. The average molecular weight is 298 g/mol. The van der Waals surface area contributed by atoms with Crippen LogP contribution < -0.4 is 0 Å². The highest BCUT2D eigenvalue weighted by Gasteiger charge is 2.48. The minimum Gasteiger partial charge on any atom is -0.481 e. The van der Waals surface area contributed by atoms with E-state index in [9.17, 15) is 14.3 Å². The summed E-state index contributed by atoms with van der Waals surface area (Å²) in [6.07, 6.45) is 1.88. The zero-order valence-corrected chi connectivity index (χ0v) is 12.6. The molecule has 0 heterocycles. The van der Waals surface area contributed by atoms with E-state index in [0.29, 0.717) is 24.0 Å². The molecule has 1 aliphatic rings. The number of rotatable bonds is 3. The molecular formula is C19H19FO2. The number of aliphatic carboxylic acids is 1. The van der Waals surface area contributed by atoms with E-state index in [1.807, 2.05) is 30.3 Å². The van der Waals surface area contributed by atoms with Crippen LogP contribution in [0.4, 0.5) is 4.39 Å². The standard InChI is InChI=1S/C19H19FO2/c1-13-16(8-5-9-17(13)20)19(18(21)22)11-10-15(12-19)14-6-3-2-4-7-14/h2-9,15H,10-12H2,1H3,(H,21,22). The Bertz CT molecular complexity index is 696. The van der Waals surface area contributed by atoms with E-state index in [1.165, 1.54) is 11.6 Å². The van der Waals surface area contributed by atoms with Gasteiger partial charge in [-0.25, -0.2) is 4.39 Å². The Balaban J connectivity index is 2.02. The molecule has 22 heavy (non-hydrogen) atoms. The van der Waals surface area contributed by atoms with E-state index in [4.69, 9.17) is 0 Å². The van der Waals surface area contributed by atoms with Gasteiger partial charge in [-0.3, -0.25) is 4.79 Å². The number of carboxylic acid groups (broad SMARTS) is 1. The number of carboxylic acids is 1. The first-order valence-electron chi connectivity index (χ1n) is 7.58. The molecule has 0 aliphatic heterocycles. The smallest absolute Gasteiger partial charge is 0.314 e. The van der Waals surface area contributed by atoms with Gasteiger partial charge in [0, 0.05) is 0 Å². The Labute approximate surface area is 129 Å². The van der Waals surface area contributed by atoms with Gasteiger partial charge < -0.3 is 5.11 Å². The summed E-state index contributed by atoms with van der Waals surface area (Å²) in [5.41, 5.74) is 1.27. The summed E-state index contributed by atoms with van der Waals surface area (Å²) in [5.74, 6) is -0.971. The van der Waals surface area contributed by atoms with Crippen molar-refractivity contribution in [2.45, 2.75) is 37.5 Å². The molecule has 0 saturated heterocycles. The van der Waals surface area contributed by atoms with Gasteiger partial charge in [0.05, 0.1) is 5.41 Å². The highest BCUT2D eigenvalue weighted by atomic mass is 19.1. The quantitative estimate of drug-likeness (QED) is 0.910. The summed E-state index contributed by atoms with van der Waals surface area (Å²) in [7, 11) is 0. The van der Waals surface area contributed by atoms with Crippen LogP contribution in [0.15, 0.2) is 48.5 Å². The third-order valence-corrected chi connectivity index (χ3v) is 4.98. The van der Waals surface area contributed by atoms with Crippen LogP contribution in [0.3, 0.4) is 0 Å². The molecule has 0 radical (unpaired) electrons. The van der Waals surface area contributed by atoms with Crippen molar-refractivity contribution in [3.05, 3.63) is 71.0 Å². The zero-order valence-electron chi connectivity index (χ0n) is 12.6. The Hall–Kier alpha value is -2.16. The molecule has 2 aromatic rings. The van der Waals surface area contributed by atoms with Crippen LogP contribution in [0, 0.1) is 12.7 Å². The summed E-state index contributed by atoms with van der Waals surface area (Å²) < 4.78 is 13.9. The first-order valence-corrected chi connectivity index (χ1v) is 7.58. The molecule has 1 saturated carbocycles. The van der Waals surface area contributed by atoms with E-state index >= 15 is 0 Å².